The number of aryl methyl sites for hydroxylation is 1. The Morgan fingerprint density at radius 3 is 2.65 bits per heavy atom. The Balaban J connectivity index is 2.03. The second-order valence-electron chi connectivity index (χ2n) is 5.31. The van der Waals surface area contributed by atoms with E-state index in [0.717, 1.165) is 22.0 Å². The Morgan fingerprint density at radius 1 is 1.09 bits per heavy atom. The summed E-state index contributed by atoms with van der Waals surface area (Å²) in [7, 11) is 1.99. The zero-order valence-corrected chi connectivity index (χ0v) is 12.6. The van der Waals surface area contributed by atoms with E-state index in [9.17, 15) is 9.90 Å². The number of aromatic nitrogens is 1. The molecule has 3 rings (SSSR count). The molecule has 0 bridgehead atoms. The van der Waals surface area contributed by atoms with Crippen molar-refractivity contribution in [3.63, 3.8) is 0 Å². The number of carboxylic acids is 1. The van der Waals surface area contributed by atoms with Crippen LogP contribution in [0.5, 0.6) is 5.75 Å². The van der Waals surface area contributed by atoms with E-state index < -0.39 is 5.97 Å². The normalized spacial score (nSPS) is 11.2. The van der Waals surface area contributed by atoms with Crippen molar-refractivity contribution in [2.45, 2.75) is 0 Å². The third-order valence-electron chi connectivity index (χ3n) is 3.78. The molecule has 0 radical (unpaired) electrons. The monoisotopic (exact) mass is 306 g/mol. The first-order valence-corrected chi connectivity index (χ1v) is 7.18. The van der Waals surface area contributed by atoms with E-state index in [1.54, 1.807) is 6.07 Å². The lowest BCUT2D eigenvalue weighted by Crippen LogP contribution is -2.28. The Morgan fingerprint density at radius 2 is 1.87 bits per heavy atom. The van der Waals surface area contributed by atoms with E-state index in [0.29, 0.717) is 0 Å². The van der Waals surface area contributed by atoms with Crippen molar-refractivity contribution in [3.05, 3.63) is 71.4 Å². The van der Waals surface area contributed by atoms with Crippen molar-refractivity contribution in [1.29, 1.82) is 0 Å². The van der Waals surface area contributed by atoms with E-state index in [-0.39, 0.29) is 11.3 Å². The smallest absolute Gasteiger partial charge is 0.339 e. The minimum atomic E-state index is -1.14. The molecule has 0 saturated heterocycles. The van der Waals surface area contributed by atoms with Crippen molar-refractivity contribution < 1.29 is 19.6 Å². The van der Waals surface area contributed by atoms with Crippen molar-refractivity contribution >= 4 is 29.0 Å². The number of rotatable bonds is 3. The summed E-state index contributed by atoms with van der Waals surface area (Å²) < 4.78 is 2.05. The number of carboxylic acid groups (broad SMARTS) is 1. The van der Waals surface area contributed by atoms with Gasteiger partial charge in [0.15, 0.2) is 6.20 Å². The fourth-order valence-electron chi connectivity index (χ4n) is 2.55. The molecular weight excluding hydrogens is 290 g/mol. The summed E-state index contributed by atoms with van der Waals surface area (Å²) in [5.74, 6) is -1.37. The van der Waals surface area contributed by atoms with Gasteiger partial charge in [-0.3, -0.25) is 0 Å². The third kappa shape index (κ3) is 2.92. The van der Waals surface area contributed by atoms with E-state index in [1.165, 1.54) is 12.1 Å². The molecular formula is C19H16NO3+. The van der Waals surface area contributed by atoms with Crippen LogP contribution in [0.2, 0.25) is 0 Å². The molecule has 0 fully saturated rings. The van der Waals surface area contributed by atoms with E-state index in [2.05, 4.69) is 16.7 Å². The number of carbonyl (C=O) groups is 1. The third-order valence-corrected chi connectivity index (χ3v) is 3.78. The number of pyridine rings is 1. The molecule has 0 aliphatic rings. The number of aromatic hydroxyl groups is 1. The number of para-hydroxylation sites is 1. The summed E-state index contributed by atoms with van der Waals surface area (Å²) in [4.78, 5) is 11.1. The lowest BCUT2D eigenvalue weighted by atomic mass is 10.1. The highest BCUT2D eigenvalue weighted by molar-refractivity contribution is 5.93. The molecule has 0 saturated carbocycles. The van der Waals surface area contributed by atoms with Crippen molar-refractivity contribution in [3.8, 4) is 5.75 Å². The molecule has 0 unspecified atom stereocenters. The summed E-state index contributed by atoms with van der Waals surface area (Å²) in [5.41, 5.74) is 2.78. The molecule has 0 aliphatic heterocycles. The quantitative estimate of drug-likeness (QED) is 0.730. The van der Waals surface area contributed by atoms with E-state index >= 15 is 0 Å². The molecule has 1 aromatic heterocycles. The second kappa shape index (κ2) is 5.93. The average molecular weight is 306 g/mol. The largest absolute Gasteiger partial charge is 0.507 e. The van der Waals surface area contributed by atoms with Crippen LogP contribution in [0, 0.1) is 0 Å². The predicted molar refractivity (Wildman–Crippen MR) is 89.1 cm³/mol. The van der Waals surface area contributed by atoms with E-state index in [4.69, 9.17) is 5.11 Å². The minimum Gasteiger partial charge on any atom is -0.507 e. The fourth-order valence-corrected chi connectivity index (χ4v) is 2.55. The highest BCUT2D eigenvalue weighted by Gasteiger charge is 2.10. The summed E-state index contributed by atoms with van der Waals surface area (Å²) in [6, 6.07) is 14.6. The maximum atomic E-state index is 11.1. The highest BCUT2D eigenvalue weighted by Crippen LogP contribution is 2.21. The van der Waals surface area contributed by atoms with Crippen LogP contribution in [-0.4, -0.2) is 16.2 Å². The second-order valence-corrected chi connectivity index (χ2v) is 5.31. The summed E-state index contributed by atoms with van der Waals surface area (Å²) in [5, 5.41) is 19.7. The Labute approximate surface area is 133 Å². The summed E-state index contributed by atoms with van der Waals surface area (Å²) in [6.45, 7) is 0. The van der Waals surface area contributed by atoms with Gasteiger partial charge in [0, 0.05) is 12.1 Å². The van der Waals surface area contributed by atoms with Crippen LogP contribution in [0.15, 0.2) is 54.7 Å². The van der Waals surface area contributed by atoms with Gasteiger partial charge in [0.2, 0.25) is 5.52 Å². The molecule has 1 heterocycles. The number of phenols is 1. The highest BCUT2D eigenvalue weighted by atomic mass is 16.4. The standard InChI is InChI=1S/C19H15NO3/c1-20-11-10-14(15-4-2-3-5-17(15)20)8-6-13-7-9-18(21)16(12-13)19(22)23/h2-12H,1H3,(H,22,23)/p+1. The maximum Gasteiger partial charge on any atom is 0.339 e. The topological polar surface area (TPSA) is 61.4 Å². The molecule has 3 aromatic rings. The molecule has 2 aromatic carbocycles. The van der Waals surface area contributed by atoms with Crippen molar-refractivity contribution in [2.24, 2.45) is 7.05 Å². The van der Waals surface area contributed by atoms with Crippen LogP contribution in [0.4, 0.5) is 0 Å². The van der Waals surface area contributed by atoms with Crippen LogP contribution in [-0.2, 0) is 7.05 Å². The van der Waals surface area contributed by atoms with Crippen LogP contribution < -0.4 is 4.57 Å². The van der Waals surface area contributed by atoms with Crippen LogP contribution in [0.25, 0.3) is 23.1 Å². The first-order chi connectivity index (χ1) is 11.1. The zero-order chi connectivity index (χ0) is 16.4. The predicted octanol–water partition coefficient (Wildman–Crippen LogP) is 3.24. The SMILES string of the molecule is C[n+]1ccc(/C=C/c2ccc(O)c(C(=O)O)c2)c2ccccc21. The molecule has 0 amide bonds. The van der Waals surface area contributed by atoms with Gasteiger partial charge in [0.25, 0.3) is 0 Å². The van der Waals surface area contributed by atoms with Gasteiger partial charge in [-0.05, 0) is 29.3 Å². The first kappa shape index (κ1) is 14.8. The zero-order valence-electron chi connectivity index (χ0n) is 12.6. The average Bonchev–Trinajstić information content (AvgIpc) is 2.55. The molecule has 114 valence electrons. The molecule has 0 spiro atoms. The number of fused-ring (bicyclic) bond motifs is 1. The fraction of sp³-hybridized carbons (Fsp3) is 0.0526. The number of aromatic carboxylic acids is 1. The van der Waals surface area contributed by atoms with Gasteiger partial charge in [-0.15, -0.1) is 0 Å². The number of hydrogen-bond acceptors (Lipinski definition) is 2. The van der Waals surface area contributed by atoms with Crippen molar-refractivity contribution in [2.75, 3.05) is 0 Å². The van der Waals surface area contributed by atoms with Gasteiger partial charge in [0.1, 0.15) is 18.4 Å². The number of hydrogen-bond donors (Lipinski definition) is 2. The lowest BCUT2D eigenvalue weighted by Gasteiger charge is -2.02. The Hall–Kier alpha value is -3.14. The molecule has 4 heteroatoms. The van der Waals surface area contributed by atoms with Gasteiger partial charge in [-0.25, -0.2) is 9.36 Å². The first-order valence-electron chi connectivity index (χ1n) is 7.18. The summed E-state index contributed by atoms with van der Waals surface area (Å²) >= 11 is 0. The van der Waals surface area contributed by atoms with Gasteiger partial charge in [-0.2, -0.15) is 0 Å². The molecule has 2 N–H and O–H groups in total. The van der Waals surface area contributed by atoms with Crippen molar-refractivity contribution in [1.82, 2.24) is 0 Å². The lowest BCUT2D eigenvalue weighted by molar-refractivity contribution is -0.644. The van der Waals surface area contributed by atoms with Gasteiger partial charge in [0.05, 0.1) is 5.39 Å². The van der Waals surface area contributed by atoms with E-state index in [1.807, 2.05) is 43.6 Å². The Kier molecular flexibility index (Phi) is 3.81. The maximum absolute atomic E-state index is 11.1. The van der Waals surface area contributed by atoms with Crippen LogP contribution in [0.1, 0.15) is 21.5 Å². The summed E-state index contributed by atoms with van der Waals surface area (Å²) in [6.07, 6.45) is 5.77. The number of benzene rings is 2. The van der Waals surface area contributed by atoms with Gasteiger partial charge >= 0.3 is 5.97 Å². The molecule has 0 atom stereocenters. The van der Waals surface area contributed by atoms with Gasteiger partial charge in [-0.1, -0.05) is 30.4 Å². The molecule has 23 heavy (non-hydrogen) atoms. The number of nitrogens with zero attached hydrogens (tertiary/aromatic N) is 1. The van der Waals surface area contributed by atoms with Crippen LogP contribution in [0.3, 0.4) is 0 Å². The minimum absolute atomic E-state index is 0.100. The Bertz CT molecular complexity index is 929. The molecule has 0 aliphatic carbocycles. The van der Waals surface area contributed by atoms with Crippen LogP contribution >= 0.6 is 0 Å². The van der Waals surface area contributed by atoms with Gasteiger partial charge < -0.3 is 10.2 Å². The molecule has 4 nitrogen and oxygen atoms in total.